The van der Waals surface area contributed by atoms with E-state index in [0.29, 0.717) is 30.4 Å². The van der Waals surface area contributed by atoms with Crippen LogP contribution in [0.4, 0.5) is 16.0 Å². The quantitative estimate of drug-likeness (QED) is 0.766. The van der Waals surface area contributed by atoms with E-state index in [2.05, 4.69) is 20.6 Å². The number of methoxy groups -OCH3 is 1. The van der Waals surface area contributed by atoms with Crippen LogP contribution in [0.3, 0.4) is 0 Å². The van der Waals surface area contributed by atoms with Crippen LogP contribution in [0.25, 0.3) is 0 Å². The average Bonchev–Trinajstić information content (AvgIpc) is 2.52. The Bertz CT molecular complexity index is 619. The van der Waals surface area contributed by atoms with Crippen molar-refractivity contribution in [1.29, 1.82) is 0 Å². The highest BCUT2D eigenvalue weighted by atomic mass is 19.1. The average molecular weight is 304 g/mol. The van der Waals surface area contributed by atoms with Gasteiger partial charge in [-0.1, -0.05) is 6.07 Å². The van der Waals surface area contributed by atoms with Gasteiger partial charge >= 0.3 is 0 Å². The summed E-state index contributed by atoms with van der Waals surface area (Å²) < 4.78 is 18.0. The van der Waals surface area contributed by atoms with Crippen LogP contribution in [0.2, 0.25) is 0 Å². The van der Waals surface area contributed by atoms with E-state index in [0.717, 1.165) is 6.42 Å². The minimum absolute atomic E-state index is 0.242. The lowest BCUT2D eigenvalue weighted by molar-refractivity contribution is 0.0948. The summed E-state index contributed by atoms with van der Waals surface area (Å²) in [7, 11) is 1.61. The molecule has 116 valence electrons. The second-order valence-electron chi connectivity index (χ2n) is 4.53. The number of aromatic nitrogens is 2. The third-order valence-corrected chi connectivity index (χ3v) is 2.81. The first kappa shape index (κ1) is 15.8. The molecule has 1 heterocycles. The zero-order valence-corrected chi connectivity index (χ0v) is 12.2. The number of hydrogen-bond donors (Lipinski definition) is 2. The van der Waals surface area contributed by atoms with Crippen LogP contribution < -0.4 is 10.6 Å². The highest BCUT2D eigenvalue weighted by Gasteiger charge is 2.06. The van der Waals surface area contributed by atoms with Gasteiger partial charge in [-0.3, -0.25) is 4.79 Å². The molecule has 0 aliphatic heterocycles. The van der Waals surface area contributed by atoms with E-state index in [-0.39, 0.29) is 11.7 Å². The fourth-order valence-electron chi connectivity index (χ4n) is 1.73. The Morgan fingerprint density at radius 2 is 2.09 bits per heavy atom. The number of halogens is 1. The van der Waals surface area contributed by atoms with Gasteiger partial charge in [0.2, 0.25) is 5.95 Å². The molecule has 2 rings (SSSR count). The van der Waals surface area contributed by atoms with Crippen molar-refractivity contribution in [3.05, 3.63) is 48.0 Å². The van der Waals surface area contributed by atoms with Gasteiger partial charge in [0.15, 0.2) is 0 Å². The molecular weight excluding hydrogens is 287 g/mol. The van der Waals surface area contributed by atoms with Crippen molar-refractivity contribution in [2.24, 2.45) is 0 Å². The molecule has 1 aromatic carbocycles. The Morgan fingerprint density at radius 3 is 2.77 bits per heavy atom. The van der Waals surface area contributed by atoms with Gasteiger partial charge < -0.3 is 15.4 Å². The number of rotatable bonds is 7. The Hall–Kier alpha value is -2.54. The Kier molecular flexibility index (Phi) is 5.79. The molecule has 1 amide bonds. The fourth-order valence-corrected chi connectivity index (χ4v) is 1.73. The van der Waals surface area contributed by atoms with Crippen LogP contribution in [-0.4, -0.2) is 36.1 Å². The third kappa shape index (κ3) is 4.78. The summed E-state index contributed by atoms with van der Waals surface area (Å²) in [5.41, 5.74) is 0.902. The predicted octanol–water partition coefficient (Wildman–Crippen LogP) is 2.13. The van der Waals surface area contributed by atoms with Crippen LogP contribution in [0, 0.1) is 5.82 Å². The normalized spacial score (nSPS) is 10.3. The first-order chi connectivity index (χ1) is 10.7. The van der Waals surface area contributed by atoms with Gasteiger partial charge in [-0.25, -0.2) is 14.4 Å². The van der Waals surface area contributed by atoms with Gasteiger partial charge in [-0.05, 0) is 24.6 Å². The Balaban J connectivity index is 1.91. The Labute approximate surface area is 127 Å². The first-order valence-electron chi connectivity index (χ1n) is 6.81. The van der Waals surface area contributed by atoms with Crippen LogP contribution in [0.15, 0.2) is 36.7 Å². The minimum atomic E-state index is -0.350. The SMILES string of the molecule is COCCCNC(=O)c1cnc(Nc2cccc(F)c2)nc1. The maximum atomic E-state index is 13.1. The highest BCUT2D eigenvalue weighted by Crippen LogP contribution is 2.13. The van der Waals surface area contributed by atoms with E-state index in [4.69, 9.17) is 4.74 Å². The van der Waals surface area contributed by atoms with Crippen molar-refractivity contribution in [3.63, 3.8) is 0 Å². The smallest absolute Gasteiger partial charge is 0.254 e. The standard InChI is InChI=1S/C15H17FN4O2/c1-22-7-3-6-17-14(21)11-9-18-15(19-10-11)20-13-5-2-4-12(16)8-13/h2,4-5,8-10H,3,6-7H2,1H3,(H,17,21)(H,18,19,20). The van der Waals surface area contributed by atoms with Gasteiger partial charge in [0, 0.05) is 38.3 Å². The number of carbonyl (C=O) groups is 1. The molecule has 1 aromatic heterocycles. The van der Waals surface area contributed by atoms with E-state index in [1.165, 1.54) is 24.5 Å². The zero-order chi connectivity index (χ0) is 15.8. The molecule has 0 atom stereocenters. The fraction of sp³-hybridized carbons (Fsp3) is 0.267. The van der Waals surface area contributed by atoms with Crippen molar-refractivity contribution in [2.75, 3.05) is 25.6 Å². The summed E-state index contributed by atoms with van der Waals surface area (Å²) in [4.78, 5) is 19.9. The molecule has 2 N–H and O–H groups in total. The molecule has 2 aromatic rings. The predicted molar refractivity (Wildman–Crippen MR) is 80.5 cm³/mol. The van der Waals surface area contributed by atoms with Crippen LogP contribution in [-0.2, 0) is 4.74 Å². The maximum absolute atomic E-state index is 13.1. The lowest BCUT2D eigenvalue weighted by atomic mass is 10.3. The van der Waals surface area contributed by atoms with Gasteiger partial charge in [0.05, 0.1) is 5.56 Å². The van der Waals surface area contributed by atoms with Crippen molar-refractivity contribution < 1.29 is 13.9 Å². The van der Waals surface area contributed by atoms with E-state index in [1.807, 2.05) is 0 Å². The number of ether oxygens (including phenoxy) is 1. The molecule has 0 bridgehead atoms. The topological polar surface area (TPSA) is 76.1 Å². The second kappa shape index (κ2) is 8.04. The molecule has 0 aliphatic carbocycles. The van der Waals surface area contributed by atoms with E-state index < -0.39 is 0 Å². The van der Waals surface area contributed by atoms with Crippen LogP contribution in [0.1, 0.15) is 16.8 Å². The van der Waals surface area contributed by atoms with E-state index in [9.17, 15) is 9.18 Å². The molecule has 22 heavy (non-hydrogen) atoms. The molecule has 0 saturated heterocycles. The minimum Gasteiger partial charge on any atom is -0.385 e. The molecule has 0 unspecified atom stereocenters. The Morgan fingerprint density at radius 1 is 1.32 bits per heavy atom. The van der Waals surface area contributed by atoms with Gasteiger partial charge in [0.1, 0.15) is 5.82 Å². The summed E-state index contributed by atoms with van der Waals surface area (Å²) >= 11 is 0. The third-order valence-electron chi connectivity index (χ3n) is 2.81. The zero-order valence-electron chi connectivity index (χ0n) is 12.2. The molecule has 7 heteroatoms. The number of nitrogens with zero attached hydrogens (tertiary/aromatic N) is 2. The number of hydrogen-bond acceptors (Lipinski definition) is 5. The molecule has 0 spiro atoms. The number of benzene rings is 1. The lowest BCUT2D eigenvalue weighted by Gasteiger charge is -2.06. The maximum Gasteiger partial charge on any atom is 0.254 e. The summed E-state index contributed by atoms with van der Waals surface area (Å²) in [6, 6.07) is 5.96. The van der Waals surface area contributed by atoms with Crippen molar-refractivity contribution in [3.8, 4) is 0 Å². The van der Waals surface area contributed by atoms with Crippen molar-refractivity contribution >= 4 is 17.5 Å². The largest absolute Gasteiger partial charge is 0.385 e. The summed E-state index contributed by atoms with van der Waals surface area (Å²) in [6.07, 6.45) is 3.57. The molecule has 0 fully saturated rings. The summed E-state index contributed by atoms with van der Waals surface area (Å²) in [5, 5.41) is 5.60. The van der Waals surface area contributed by atoms with Crippen LogP contribution in [0.5, 0.6) is 0 Å². The molecular formula is C15H17FN4O2. The summed E-state index contributed by atoms with van der Waals surface area (Å²) in [5.74, 6) is -0.299. The first-order valence-corrected chi connectivity index (χ1v) is 6.81. The molecule has 0 saturated carbocycles. The monoisotopic (exact) mass is 304 g/mol. The highest BCUT2D eigenvalue weighted by molar-refractivity contribution is 5.93. The molecule has 6 nitrogen and oxygen atoms in total. The molecule has 0 aliphatic rings. The number of anilines is 2. The van der Waals surface area contributed by atoms with Crippen LogP contribution >= 0.6 is 0 Å². The second-order valence-corrected chi connectivity index (χ2v) is 4.53. The van der Waals surface area contributed by atoms with E-state index in [1.54, 1.807) is 19.2 Å². The molecule has 0 radical (unpaired) electrons. The number of amides is 1. The lowest BCUT2D eigenvalue weighted by Crippen LogP contribution is -2.25. The summed E-state index contributed by atoms with van der Waals surface area (Å²) in [6.45, 7) is 1.11. The van der Waals surface area contributed by atoms with Crippen molar-refractivity contribution in [2.45, 2.75) is 6.42 Å². The van der Waals surface area contributed by atoms with Gasteiger partial charge in [-0.2, -0.15) is 0 Å². The van der Waals surface area contributed by atoms with Crippen molar-refractivity contribution in [1.82, 2.24) is 15.3 Å². The number of carbonyl (C=O) groups excluding carboxylic acids is 1. The number of nitrogens with one attached hydrogen (secondary N) is 2. The van der Waals surface area contributed by atoms with E-state index >= 15 is 0 Å². The van der Waals surface area contributed by atoms with Gasteiger partial charge in [-0.15, -0.1) is 0 Å². The van der Waals surface area contributed by atoms with Gasteiger partial charge in [0.25, 0.3) is 5.91 Å².